The molecule has 0 aromatic heterocycles. The monoisotopic (exact) mass is 509 g/mol. The van der Waals surface area contributed by atoms with Gasteiger partial charge in [-0.2, -0.15) is 0 Å². The Balaban J connectivity index is 0.999. The molecule has 4 fully saturated rings. The van der Waals surface area contributed by atoms with Crippen LogP contribution in [0.1, 0.15) is 58.3 Å². The smallest absolute Gasteiger partial charge is 0.219 e. The Hall–Kier alpha value is -2.12. The average Bonchev–Trinajstić information content (AvgIpc) is 2.93. The van der Waals surface area contributed by atoms with E-state index >= 15 is 0 Å². The number of nitrogens with one attached hydrogen (secondary N) is 1. The van der Waals surface area contributed by atoms with Crippen molar-refractivity contribution in [2.75, 3.05) is 63.8 Å². The van der Waals surface area contributed by atoms with Crippen LogP contribution >= 0.6 is 0 Å². The zero-order chi connectivity index (χ0) is 25.6. The number of hydrogen-bond donors (Lipinski definition) is 1. The molecule has 4 aliphatic rings. The first-order valence-corrected chi connectivity index (χ1v) is 14.9. The second-order valence-electron chi connectivity index (χ2n) is 11.7. The lowest BCUT2D eigenvalue weighted by Gasteiger charge is -2.57. The van der Waals surface area contributed by atoms with Crippen LogP contribution in [0.4, 0.5) is 5.69 Å². The molecule has 5 rings (SSSR count). The third-order valence-corrected chi connectivity index (χ3v) is 9.45. The number of para-hydroxylation sites is 1. The molecule has 0 aliphatic carbocycles. The normalized spacial score (nSPS) is 28.6. The zero-order valence-electron chi connectivity index (χ0n) is 22.8. The van der Waals surface area contributed by atoms with Crippen molar-refractivity contribution in [3.63, 3.8) is 0 Å². The number of carbonyl (C=O) groups excluding carboxylic acids is 2. The largest absolute Gasteiger partial charge is 0.369 e. The van der Waals surface area contributed by atoms with E-state index in [1.54, 1.807) is 6.92 Å². The molecule has 2 amide bonds. The third-order valence-electron chi connectivity index (χ3n) is 9.45. The molecule has 7 nitrogen and oxygen atoms in total. The standard InChI is InChI=1S/C30H47N5O2/c1-24(36)35-23-25-9-6-17-34-18-7-12-27(30(25)34)28(35)13-5-14-29(37)31-15-8-16-32-19-21-33(22-20-32)26-10-3-2-4-11-26/h2-4,10-11,25,27-28,30H,5-9,12-23H2,1H3,(H,31,37)/t25-,27+,28+,30-/m0/s1. The lowest BCUT2D eigenvalue weighted by molar-refractivity contribution is -0.144. The molecule has 0 spiro atoms. The number of piperidine rings is 3. The summed E-state index contributed by atoms with van der Waals surface area (Å²) in [5.74, 6) is 1.62. The highest BCUT2D eigenvalue weighted by Gasteiger charge is 2.48. The van der Waals surface area contributed by atoms with Crippen molar-refractivity contribution >= 4 is 17.5 Å². The number of nitrogens with zero attached hydrogens (tertiary/aromatic N) is 4. The lowest BCUT2D eigenvalue weighted by atomic mass is 9.69. The van der Waals surface area contributed by atoms with Gasteiger partial charge in [-0.15, -0.1) is 0 Å². The highest BCUT2D eigenvalue weighted by Crippen LogP contribution is 2.43. The molecule has 1 aromatic rings. The first-order chi connectivity index (χ1) is 18.1. The Morgan fingerprint density at radius 1 is 0.946 bits per heavy atom. The van der Waals surface area contributed by atoms with E-state index in [0.29, 0.717) is 30.3 Å². The number of hydrogen-bond acceptors (Lipinski definition) is 5. The first-order valence-electron chi connectivity index (χ1n) is 14.9. The maximum atomic E-state index is 12.6. The molecule has 4 saturated heterocycles. The number of anilines is 1. The molecule has 0 bridgehead atoms. The van der Waals surface area contributed by atoms with Gasteiger partial charge < -0.3 is 15.1 Å². The van der Waals surface area contributed by atoms with Gasteiger partial charge >= 0.3 is 0 Å². The maximum absolute atomic E-state index is 12.6. The van der Waals surface area contributed by atoms with Gasteiger partial charge in [0.25, 0.3) is 0 Å². The summed E-state index contributed by atoms with van der Waals surface area (Å²) in [4.78, 5) is 35.0. The fourth-order valence-corrected chi connectivity index (χ4v) is 7.69. The van der Waals surface area contributed by atoms with Gasteiger partial charge in [0.05, 0.1) is 0 Å². The van der Waals surface area contributed by atoms with Crippen molar-refractivity contribution in [3.05, 3.63) is 30.3 Å². The summed E-state index contributed by atoms with van der Waals surface area (Å²) < 4.78 is 0. The van der Waals surface area contributed by atoms with E-state index in [9.17, 15) is 9.59 Å². The molecular formula is C30H47N5O2. The number of rotatable bonds is 9. The minimum Gasteiger partial charge on any atom is -0.369 e. The zero-order valence-corrected chi connectivity index (χ0v) is 22.8. The summed E-state index contributed by atoms with van der Waals surface area (Å²) in [5.41, 5.74) is 1.31. The van der Waals surface area contributed by atoms with Crippen LogP contribution in [0.5, 0.6) is 0 Å². The predicted molar refractivity (Wildman–Crippen MR) is 149 cm³/mol. The van der Waals surface area contributed by atoms with E-state index in [-0.39, 0.29) is 11.8 Å². The van der Waals surface area contributed by atoms with Gasteiger partial charge in [0.2, 0.25) is 11.8 Å². The van der Waals surface area contributed by atoms with E-state index < -0.39 is 0 Å². The van der Waals surface area contributed by atoms with Gasteiger partial charge in [-0.25, -0.2) is 0 Å². The molecule has 7 heteroatoms. The number of likely N-dealkylation sites (tertiary alicyclic amines) is 1. The minimum absolute atomic E-state index is 0.167. The van der Waals surface area contributed by atoms with Crippen LogP contribution in [0.3, 0.4) is 0 Å². The minimum atomic E-state index is 0.167. The summed E-state index contributed by atoms with van der Waals surface area (Å²) in [6.45, 7) is 11.2. The molecule has 0 unspecified atom stereocenters. The van der Waals surface area contributed by atoms with Crippen LogP contribution in [-0.2, 0) is 9.59 Å². The second-order valence-corrected chi connectivity index (χ2v) is 11.7. The highest BCUT2D eigenvalue weighted by molar-refractivity contribution is 5.76. The number of benzene rings is 1. The van der Waals surface area contributed by atoms with Crippen LogP contribution in [0.25, 0.3) is 0 Å². The van der Waals surface area contributed by atoms with Crippen molar-refractivity contribution in [2.45, 2.75) is 70.4 Å². The van der Waals surface area contributed by atoms with Crippen molar-refractivity contribution < 1.29 is 9.59 Å². The van der Waals surface area contributed by atoms with Gasteiger partial charge in [-0.1, -0.05) is 18.2 Å². The second kappa shape index (κ2) is 12.6. The topological polar surface area (TPSA) is 59.1 Å². The van der Waals surface area contributed by atoms with Crippen LogP contribution in [0.2, 0.25) is 0 Å². The van der Waals surface area contributed by atoms with Gasteiger partial charge in [0, 0.05) is 70.4 Å². The van der Waals surface area contributed by atoms with E-state index in [1.807, 2.05) is 0 Å². The van der Waals surface area contributed by atoms with Gasteiger partial charge in [-0.05, 0) is 88.5 Å². The molecule has 1 N–H and O–H groups in total. The molecule has 204 valence electrons. The maximum Gasteiger partial charge on any atom is 0.219 e. The fourth-order valence-electron chi connectivity index (χ4n) is 7.69. The lowest BCUT2D eigenvalue weighted by Crippen LogP contribution is -2.65. The number of piperazine rings is 1. The van der Waals surface area contributed by atoms with E-state index in [0.717, 1.165) is 65.1 Å². The third kappa shape index (κ3) is 6.48. The quantitative estimate of drug-likeness (QED) is 0.518. The van der Waals surface area contributed by atoms with Crippen molar-refractivity contribution in [2.24, 2.45) is 11.8 Å². The van der Waals surface area contributed by atoms with Crippen LogP contribution < -0.4 is 10.2 Å². The summed E-state index contributed by atoms with van der Waals surface area (Å²) in [6.07, 6.45) is 8.42. The van der Waals surface area contributed by atoms with Gasteiger partial charge in [-0.3, -0.25) is 19.4 Å². The molecule has 37 heavy (non-hydrogen) atoms. The van der Waals surface area contributed by atoms with E-state index in [4.69, 9.17) is 0 Å². The molecule has 1 aromatic carbocycles. The first kappa shape index (κ1) is 26.5. The molecule has 4 atom stereocenters. The summed E-state index contributed by atoms with van der Waals surface area (Å²) >= 11 is 0. The van der Waals surface area contributed by atoms with Crippen LogP contribution in [0, 0.1) is 11.8 Å². The Morgan fingerprint density at radius 2 is 1.70 bits per heavy atom. The van der Waals surface area contributed by atoms with Gasteiger partial charge in [0.1, 0.15) is 0 Å². The number of amides is 2. The highest BCUT2D eigenvalue weighted by atomic mass is 16.2. The predicted octanol–water partition coefficient (Wildman–Crippen LogP) is 3.21. The Labute approximate surface area is 223 Å². The molecule has 0 radical (unpaired) electrons. The SMILES string of the molecule is CC(=O)N1C[C@@H]2CCCN3CCC[C@@H]([C@H]23)[C@H]1CCCC(=O)NCCCN1CCN(c2ccccc2)CC1. The average molecular weight is 510 g/mol. The summed E-state index contributed by atoms with van der Waals surface area (Å²) in [5, 5.41) is 3.15. The Bertz CT molecular complexity index is 885. The Morgan fingerprint density at radius 3 is 2.46 bits per heavy atom. The van der Waals surface area contributed by atoms with Crippen molar-refractivity contribution in [1.82, 2.24) is 20.0 Å². The molecule has 4 heterocycles. The van der Waals surface area contributed by atoms with Crippen LogP contribution in [0.15, 0.2) is 30.3 Å². The van der Waals surface area contributed by atoms with E-state index in [1.165, 1.54) is 44.5 Å². The summed E-state index contributed by atoms with van der Waals surface area (Å²) in [7, 11) is 0. The van der Waals surface area contributed by atoms with Crippen molar-refractivity contribution in [1.29, 1.82) is 0 Å². The summed E-state index contributed by atoms with van der Waals surface area (Å²) in [6, 6.07) is 11.6. The fraction of sp³-hybridized carbons (Fsp3) is 0.733. The Kier molecular flexibility index (Phi) is 9.03. The van der Waals surface area contributed by atoms with Gasteiger partial charge in [0.15, 0.2) is 0 Å². The molecule has 4 aliphatic heterocycles. The van der Waals surface area contributed by atoms with Crippen LogP contribution in [-0.4, -0.2) is 97.5 Å². The molecule has 0 saturated carbocycles. The van der Waals surface area contributed by atoms with E-state index in [2.05, 4.69) is 55.2 Å². The number of carbonyl (C=O) groups is 2. The molecular weight excluding hydrogens is 462 g/mol. The van der Waals surface area contributed by atoms with Crippen molar-refractivity contribution in [3.8, 4) is 0 Å².